The Bertz CT molecular complexity index is 751. The van der Waals surface area contributed by atoms with Crippen LogP contribution in [0.4, 0.5) is 10.1 Å². The second-order valence-electron chi connectivity index (χ2n) is 5.25. The maximum absolute atomic E-state index is 14.2. The first kappa shape index (κ1) is 14.5. The van der Waals surface area contributed by atoms with Crippen LogP contribution < -0.4 is 16.2 Å². The summed E-state index contributed by atoms with van der Waals surface area (Å²) < 4.78 is 15.5. The van der Waals surface area contributed by atoms with E-state index in [2.05, 4.69) is 10.6 Å². The van der Waals surface area contributed by atoms with Crippen molar-refractivity contribution in [2.45, 2.75) is 6.42 Å². The Balaban J connectivity index is 1.82. The lowest BCUT2D eigenvalue weighted by molar-refractivity contribution is -0.119. The van der Waals surface area contributed by atoms with Gasteiger partial charge in [-0.25, -0.2) is 4.39 Å². The minimum Gasteiger partial charge on any atom is -0.323 e. The lowest BCUT2D eigenvalue weighted by atomic mass is 10.1. The highest BCUT2D eigenvalue weighted by atomic mass is 19.1. The van der Waals surface area contributed by atoms with Crippen LogP contribution in [0.2, 0.25) is 0 Å². The van der Waals surface area contributed by atoms with Gasteiger partial charge in [0, 0.05) is 24.9 Å². The molecule has 0 aliphatic carbocycles. The second-order valence-corrected chi connectivity index (χ2v) is 5.25. The summed E-state index contributed by atoms with van der Waals surface area (Å²) in [5.41, 5.74) is 0.309. The number of hydrogen-bond donors (Lipinski definition) is 2. The van der Waals surface area contributed by atoms with Gasteiger partial charge in [-0.2, -0.15) is 0 Å². The molecule has 22 heavy (non-hydrogen) atoms. The fourth-order valence-corrected chi connectivity index (χ4v) is 2.51. The van der Waals surface area contributed by atoms with Crippen LogP contribution in [0.15, 0.2) is 47.4 Å². The summed E-state index contributed by atoms with van der Waals surface area (Å²) in [7, 11) is 0. The first-order chi connectivity index (χ1) is 10.6. The van der Waals surface area contributed by atoms with Gasteiger partial charge < -0.3 is 10.6 Å². The molecule has 114 valence electrons. The van der Waals surface area contributed by atoms with Gasteiger partial charge in [0.25, 0.3) is 5.56 Å². The summed E-state index contributed by atoms with van der Waals surface area (Å²) in [6.45, 7) is 1.42. The number of rotatable bonds is 3. The van der Waals surface area contributed by atoms with Crippen molar-refractivity contribution in [3.05, 3.63) is 58.8 Å². The second kappa shape index (κ2) is 6.11. The molecule has 0 saturated carbocycles. The molecule has 2 N–H and O–H groups in total. The van der Waals surface area contributed by atoms with E-state index < -0.39 is 5.82 Å². The molecule has 1 aromatic carbocycles. The molecule has 1 fully saturated rings. The van der Waals surface area contributed by atoms with Crippen molar-refractivity contribution in [1.29, 1.82) is 0 Å². The number of halogens is 1. The number of carbonyl (C=O) groups excluding carboxylic acids is 1. The summed E-state index contributed by atoms with van der Waals surface area (Å²) in [5.74, 6) is -0.878. The highest BCUT2D eigenvalue weighted by Gasteiger charge is 2.23. The van der Waals surface area contributed by atoms with Gasteiger partial charge in [-0.15, -0.1) is 0 Å². The molecule has 1 atom stereocenters. The van der Waals surface area contributed by atoms with E-state index in [-0.39, 0.29) is 23.1 Å². The largest absolute Gasteiger partial charge is 0.323 e. The average Bonchev–Trinajstić information content (AvgIpc) is 3.04. The van der Waals surface area contributed by atoms with Gasteiger partial charge in [-0.1, -0.05) is 6.07 Å². The van der Waals surface area contributed by atoms with E-state index in [0.717, 1.165) is 13.0 Å². The number of pyridine rings is 1. The molecule has 1 aliphatic rings. The van der Waals surface area contributed by atoms with Crippen molar-refractivity contribution in [2.75, 3.05) is 18.4 Å². The molecule has 1 unspecified atom stereocenters. The molecule has 2 aromatic rings. The molecule has 0 spiro atoms. The van der Waals surface area contributed by atoms with Crippen LogP contribution >= 0.6 is 0 Å². The first-order valence-corrected chi connectivity index (χ1v) is 7.14. The van der Waals surface area contributed by atoms with Gasteiger partial charge in [0.2, 0.25) is 5.91 Å². The van der Waals surface area contributed by atoms with E-state index in [1.54, 1.807) is 24.4 Å². The predicted octanol–water partition coefficient (Wildman–Crippen LogP) is 1.52. The quantitative estimate of drug-likeness (QED) is 0.903. The third-order valence-corrected chi connectivity index (χ3v) is 3.74. The number of nitrogens with zero attached hydrogens (tertiary/aromatic N) is 1. The van der Waals surface area contributed by atoms with Crippen LogP contribution in [0.1, 0.15) is 6.42 Å². The third kappa shape index (κ3) is 2.92. The number of hydrogen-bond acceptors (Lipinski definition) is 3. The van der Waals surface area contributed by atoms with Crippen molar-refractivity contribution in [1.82, 2.24) is 9.88 Å². The third-order valence-electron chi connectivity index (χ3n) is 3.74. The number of anilines is 1. The smallest absolute Gasteiger partial charge is 0.255 e. The van der Waals surface area contributed by atoms with E-state index in [1.807, 2.05) is 0 Å². The first-order valence-electron chi connectivity index (χ1n) is 7.14. The van der Waals surface area contributed by atoms with Gasteiger partial charge in [-0.05, 0) is 31.2 Å². The van der Waals surface area contributed by atoms with Crippen LogP contribution in [0.25, 0.3) is 5.69 Å². The molecule has 6 heteroatoms. The van der Waals surface area contributed by atoms with Crippen molar-refractivity contribution in [2.24, 2.45) is 5.92 Å². The zero-order valence-electron chi connectivity index (χ0n) is 11.9. The van der Waals surface area contributed by atoms with Gasteiger partial charge in [-0.3, -0.25) is 14.2 Å². The summed E-state index contributed by atoms with van der Waals surface area (Å²) in [4.78, 5) is 23.7. The number of aromatic nitrogens is 1. The SMILES string of the molecule is O=C(Nc1ccc(-n2ccccc2=O)cc1F)C1CCNC1. The summed E-state index contributed by atoms with van der Waals surface area (Å²) in [6.07, 6.45) is 2.32. The van der Waals surface area contributed by atoms with Gasteiger partial charge in [0.05, 0.1) is 17.3 Å². The molecule has 3 rings (SSSR count). The van der Waals surface area contributed by atoms with Crippen LogP contribution in [-0.2, 0) is 4.79 Å². The number of carbonyl (C=O) groups is 1. The van der Waals surface area contributed by atoms with E-state index in [4.69, 9.17) is 0 Å². The molecular weight excluding hydrogens is 285 g/mol. The molecule has 1 amide bonds. The fraction of sp³-hybridized carbons (Fsp3) is 0.250. The van der Waals surface area contributed by atoms with Gasteiger partial charge >= 0.3 is 0 Å². The minimum absolute atomic E-state index is 0.129. The topological polar surface area (TPSA) is 63.1 Å². The molecule has 0 radical (unpaired) electrons. The highest BCUT2D eigenvalue weighted by molar-refractivity contribution is 5.93. The Labute approximate surface area is 126 Å². The van der Waals surface area contributed by atoms with E-state index in [0.29, 0.717) is 12.2 Å². The number of amides is 1. The van der Waals surface area contributed by atoms with Crippen LogP contribution in [0.5, 0.6) is 0 Å². The zero-order chi connectivity index (χ0) is 15.5. The fourth-order valence-electron chi connectivity index (χ4n) is 2.51. The lowest BCUT2D eigenvalue weighted by Gasteiger charge is -2.12. The highest BCUT2D eigenvalue weighted by Crippen LogP contribution is 2.19. The standard InChI is InChI=1S/C16H16FN3O2/c17-13-9-12(20-8-2-1-3-15(20)21)4-5-14(13)19-16(22)11-6-7-18-10-11/h1-5,8-9,11,18H,6-7,10H2,(H,19,22). The van der Waals surface area contributed by atoms with E-state index in [1.165, 1.54) is 22.8 Å². The molecule has 2 heterocycles. The molecule has 0 bridgehead atoms. The van der Waals surface area contributed by atoms with Crippen molar-refractivity contribution in [3.8, 4) is 5.69 Å². The summed E-state index contributed by atoms with van der Waals surface area (Å²) in [6, 6.07) is 9.05. The monoisotopic (exact) mass is 301 g/mol. The van der Waals surface area contributed by atoms with Crippen molar-refractivity contribution < 1.29 is 9.18 Å². The van der Waals surface area contributed by atoms with Gasteiger partial charge in [0.1, 0.15) is 5.82 Å². The minimum atomic E-state index is -0.562. The number of nitrogens with one attached hydrogen (secondary N) is 2. The lowest BCUT2D eigenvalue weighted by Crippen LogP contribution is -2.25. The summed E-state index contributed by atoms with van der Waals surface area (Å²) >= 11 is 0. The number of benzene rings is 1. The van der Waals surface area contributed by atoms with Crippen LogP contribution in [0.3, 0.4) is 0 Å². The van der Waals surface area contributed by atoms with Crippen LogP contribution in [0, 0.1) is 11.7 Å². The predicted molar refractivity (Wildman–Crippen MR) is 81.6 cm³/mol. The van der Waals surface area contributed by atoms with E-state index in [9.17, 15) is 14.0 Å². The maximum atomic E-state index is 14.2. The summed E-state index contributed by atoms with van der Waals surface area (Å²) in [5, 5.41) is 5.70. The van der Waals surface area contributed by atoms with Crippen molar-refractivity contribution >= 4 is 11.6 Å². The molecule has 1 saturated heterocycles. The molecular formula is C16H16FN3O2. The Morgan fingerprint density at radius 2 is 2.18 bits per heavy atom. The Hall–Kier alpha value is -2.47. The van der Waals surface area contributed by atoms with E-state index >= 15 is 0 Å². The molecule has 1 aromatic heterocycles. The normalized spacial score (nSPS) is 17.4. The van der Waals surface area contributed by atoms with Crippen LogP contribution in [-0.4, -0.2) is 23.6 Å². The van der Waals surface area contributed by atoms with Gasteiger partial charge in [0.15, 0.2) is 0 Å². The Morgan fingerprint density at radius 3 is 2.86 bits per heavy atom. The average molecular weight is 301 g/mol. The Morgan fingerprint density at radius 1 is 1.32 bits per heavy atom. The Kier molecular flexibility index (Phi) is 4.02. The molecule has 1 aliphatic heterocycles. The molecule has 5 nitrogen and oxygen atoms in total. The van der Waals surface area contributed by atoms with Crippen molar-refractivity contribution in [3.63, 3.8) is 0 Å². The maximum Gasteiger partial charge on any atom is 0.255 e. The zero-order valence-corrected chi connectivity index (χ0v) is 11.9.